The van der Waals surface area contributed by atoms with Crippen molar-refractivity contribution in [2.24, 2.45) is 0 Å². The maximum atomic E-state index is 12.2. The first-order valence-corrected chi connectivity index (χ1v) is 9.70. The molecule has 0 amide bonds. The van der Waals surface area contributed by atoms with Crippen LogP contribution >= 0.6 is 24.8 Å². The maximum Gasteiger partial charge on any atom is 0.266 e. The van der Waals surface area contributed by atoms with Crippen molar-refractivity contribution in [1.29, 1.82) is 0 Å². The van der Waals surface area contributed by atoms with Crippen molar-refractivity contribution in [3.63, 3.8) is 0 Å². The van der Waals surface area contributed by atoms with Gasteiger partial charge in [-0.15, -0.1) is 24.8 Å². The van der Waals surface area contributed by atoms with Gasteiger partial charge in [0.05, 0.1) is 13.2 Å². The van der Waals surface area contributed by atoms with Crippen LogP contribution in [0.3, 0.4) is 0 Å². The van der Waals surface area contributed by atoms with Crippen LogP contribution in [0.5, 0.6) is 11.5 Å². The maximum absolute atomic E-state index is 12.2. The minimum atomic E-state index is -0.140. The minimum absolute atomic E-state index is 0. The summed E-state index contributed by atoms with van der Waals surface area (Å²) in [5.74, 6) is 2.38. The number of benzene rings is 1. The fourth-order valence-electron chi connectivity index (χ4n) is 3.40. The summed E-state index contributed by atoms with van der Waals surface area (Å²) in [5.41, 5.74) is -0.0779. The summed E-state index contributed by atoms with van der Waals surface area (Å²) in [7, 11) is 2.00. The van der Waals surface area contributed by atoms with Crippen LogP contribution in [0.25, 0.3) is 0 Å². The second-order valence-corrected chi connectivity index (χ2v) is 7.02. The Morgan fingerprint density at radius 1 is 1.10 bits per heavy atom. The molecule has 1 aromatic carbocycles. The summed E-state index contributed by atoms with van der Waals surface area (Å²) in [6, 6.07) is 11.1. The lowest BCUT2D eigenvalue weighted by atomic mass is 10.3. The largest absolute Gasteiger partial charge is 0.484 e. The lowest BCUT2D eigenvalue weighted by Crippen LogP contribution is -2.44. The number of hydrogen-bond donors (Lipinski definition) is 0. The third kappa shape index (κ3) is 5.78. The van der Waals surface area contributed by atoms with Gasteiger partial charge in [-0.05, 0) is 31.7 Å². The van der Waals surface area contributed by atoms with Crippen LogP contribution in [-0.4, -0.2) is 67.4 Å². The standard InChI is InChI=1S/C20H26N4O4.2ClH/c1-22(20-15-27-16-5-2-3-6-17(16)28-20)9-4-10-24-19(25)8-7-18(21-24)23-11-13-26-14-12-23;;/h2-3,5-8,20H,4,9-15H2,1H3;2*1H. The third-order valence-corrected chi connectivity index (χ3v) is 5.05. The molecule has 166 valence electrons. The number of rotatable bonds is 6. The number of aryl methyl sites for hydroxylation is 1. The molecule has 10 heteroatoms. The van der Waals surface area contributed by atoms with E-state index < -0.39 is 0 Å². The Balaban J connectivity index is 0.00000160. The topological polar surface area (TPSA) is 69.1 Å². The van der Waals surface area contributed by atoms with Crippen molar-refractivity contribution in [2.75, 3.05) is 51.4 Å². The summed E-state index contributed by atoms with van der Waals surface area (Å²) in [6.45, 7) is 4.80. The molecule has 1 aromatic heterocycles. The number of aromatic nitrogens is 2. The molecule has 1 atom stereocenters. The van der Waals surface area contributed by atoms with Crippen LogP contribution in [0.1, 0.15) is 6.42 Å². The van der Waals surface area contributed by atoms with Gasteiger partial charge in [0.1, 0.15) is 12.4 Å². The lowest BCUT2D eigenvalue weighted by molar-refractivity contribution is -0.0161. The van der Waals surface area contributed by atoms with E-state index in [0.29, 0.717) is 26.4 Å². The second kappa shape index (κ2) is 11.4. The van der Waals surface area contributed by atoms with E-state index in [0.717, 1.165) is 43.4 Å². The first-order chi connectivity index (χ1) is 13.7. The highest BCUT2D eigenvalue weighted by molar-refractivity contribution is 5.85. The van der Waals surface area contributed by atoms with Gasteiger partial charge in [-0.3, -0.25) is 9.69 Å². The third-order valence-electron chi connectivity index (χ3n) is 5.05. The molecule has 4 rings (SSSR count). The molecule has 1 fully saturated rings. The molecule has 0 bridgehead atoms. The monoisotopic (exact) mass is 458 g/mol. The summed E-state index contributed by atoms with van der Waals surface area (Å²) >= 11 is 0. The van der Waals surface area contributed by atoms with Gasteiger partial charge < -0.3 is 19.1 Å². The molecular formula is C20H28Cl2N4O4. The molecular weight excluding hydrogens is 431 g/mol. The van der Waals surface area contributed by atoms with Crippen LogP contribution in [0.2, 0.25) is 0 Å². The zero-order valence-electron chi connectivity index (χ0n) is 16.9. The van der Waals surface area contributed by atoms with Crippen LogP contribution in [-0.2, 0) is 11.3 Å². The number of nitrogens with zero attached hydrogens (tertiary/aromatic N) is 4. The van der Waals surface area contributed by atoms with E-state index in [2.05, 4.69) is 14.9 Å². The Morgan fingerprint density at radius 3 is 2.60 bits per heavy atom. The molecule has 0 spiro atoms. The predicted octanol–water partition coefficient (Wildman–Crippen LogP) is 2.04. The Morgan fingerprint density at radius 2 is 1.83 bits per heavy atom. The molecule has 0 radical (unpaired) electrons. The van der Waals surface area contributed by atoms with Gasteiger partial charge in [-0.1, -0.05) is 12.1 Å². The SMILES string of the molecule is CN(CCCn1nc(N2CCOCC2)ccc1=O)C1COc2ccccc2O1.Cl.Cl. The van der Waals surface area contributed by atoms with Crippen molar-refractivity contribution in [2.45, 2.75) is 19.2 Å². The molecule has 2 aliphatic rings. The van der Waals surface area contributed by atoms with E-state index in [9.17, 15) is 4.79 Å². The lowest BCUT2D eigenvalue weighted by Gasteiger charge is -2.32. The predicted molar refractivity (Wildman–Crippen MR) is 120 cm³/mol. The highest BCUT2D eigenvalue weighted by Gasteiger charge is 2.24. The zero-order chi connectivity index (χ0) is 19.3. The number of fused-ring (bicyclic) bond motifs is 1. The van der Waals surface area contributed by atoms with Crippen molar-refractivity contribution in [1.82, 2.24) is 14.7 Å². The number of anilines is 1. The second-order valence-electron chi connectivity index (χ2n) is 7.02. The molecule has 0 saturated carbocycles. The van der Waals surface area contributed by atoms with Crippen LogP contribution < -0.4 is 19.9 Å². The van der Waals surface area contributed by atoms with Crippen LogP contribution in [0.15, 0.2) is 41.2 Å². The Hall–Kier alpha value is -2.00. The highest BCUT2D eigenvalue weighted by Crippen LogP contribution is 2.31. The summed E-state index contributed by atoms with van der Waals surface area (Å²) in [5, 5.41) is 4.54. The number of hydrogen-bond acceptors (Lipinski definition) is 7. The van der Waals surface area contributed by atoms with Gasteiger partial charge in [-0.2, -0.15) is 5.10 Å². The van der Waals surface area contributed by atoms with Gasteiger partial charge in [0.25, 0.3) is 5.56 Å². The Labute approximate surface area is 188 Å². The molecule has 0 aliphatic carbocycles. The highest BCUT2D eigenvalue weighted by atomic mass is 35.5. The Bertz CT molecular complexity index is 861. The van der Waals surface area contributed by atoms with Gasteiger partial charge >= 0.3 is 0 Å². The fourth-order valence-corrected chi connectivity index (χ4v) is 3.40. The smallest absolute Gasteiger partial charge is 0.266 e. The quantitative estimate of drug-likeness (QED) is 0.655. The number of likely N-dealkylation sites (N-methyl/N-ethyl adjacent to an activating group) is 1. The van der Waals surface area contributed by atoms with Crippen molar-refractivity contribution in [3.8, 4) is 11.5 Å². The number of morpholine rings is 1. The molecule has 1 saturated heterocycles. The first kappa shape index (κ1) is 24.3. The van der Waals surface area contributed by atoms with Crippen molar-refractivity contribution in [3.05, 3.63) is 46.8 Å². The summed E-state index contributed by atoms with van der Waals surface area (Å²) in [6.07, 6.45) is 0.650. The van der Waals surface area contributed by atoms with E-state index in [1.54, 1.807) is 16.8 Å². The Kier molecular flexibility index (Phi) is 9.23. The van der Waals surface area contributed by atoms with E-state index in [1.807, 2.05) is 31.3 Å². The van der Waals surface area contributed by atoms with E-state index in [4.69, 9.17) is 14.2 Å². The molecule has 1 unspecified atom stereocenters. The molecule has 8 nitrogen and oxygen atoms in total. The molecule has 2 aromatic rings. The average Bonchev–Trinajstić information content (AvgIpc) is 2.75. The normalized spacial score (nSPS) is 17.8. The van der Waals surface area contributed by atoms with Gasteiger partial charge in [0.2, 0.25) is 0 Å². The molecule has 2 aliphatic heterocycles. The van der Waals surface area contributed by atoms with E-state index >= 15 is 0 Å². The summed E-state index contributed by atoms with van der Waals surface area (Å²) < 4.78 is 18.7. The minimum Gasteiger partial charge on any atom is -0.484 e. The van der Waals surface area contributed by atoms with Crippen LogP contribution in [0.4, 0.5) is 5.82 Å². The van der Waals surface area contributed by atoms with Gasteiger partial charge in [-0.25, -0.2) is 4.68 Å². The van der Waals surface area contributed by atoms with E-state index in [1.165, 1.54) is 0 Å². The number of halogens is 2. The zero-order valence-corrected chi connectivity index (χ0v) is 18.6. The number of ether oxygens (including phenoxy) is 3. The molecule has 3 heterocycles. The van der Waals surface area contributed by atoms with Crippen molar-refractivity contribution < 1.29 is 14.2 Å². The van der Waals surface area contributed by atoms with Gasteiger partial charge in [0.15, 0.2) is 17.7 Å². The van der Waals surface area contributed by atoms with Crippen molar-refractivity contribution >= 4 is 30.6 Å². The average molecular weight is 459 g/mol. The van der Waals surface area contributed by atoms with Crippen LogP contribution in [0, 0.1) is 0 Å². The van der Waals surface area contributed by atoms with E-state index in [-0.39, 0.29) is 36.6 Å². The molecule has 30 heavy (non-hydrogen) atoms. The number of para-hydroxylation sites is 2. The molecule has 0 N–H and O–H groups in total. The van der Waals surface area contributed by atoms with Gasteiger partial charge in [0, 0.05) is 32.2 Å². The first-order valence-electron chi connectivity index (χ1n) is 9.70. The summed E-state index contributed by atoms with van der Waals surface area (Å²) in [4.78, 5) is 16.4. The fraction of sp³-hybridized carbons (Fsp3) is 0.500.